The lowest BCUT2D eigenvalue weighted by Gasteiger charge is -2.25. The zero-order valence-electron chi connectivity index (χ0n) is 16.5. The van der Waals surface area contributed by atoms with Gasteiger partial charge in [-0.3, -0.25) is 9.59 Å². The van der Waals surface area contributed by atoms with Crippen molar-refractivity contribution in [1.29, 1.82) is 0 Å². The molecule has 0 radical (unpaired) electrons. The zero-order valence-corrected chi connectivity index (χ0v) is 17.3. The fourth-order valence-electron chi connectivity index (χ4n) is 3.48. The van der Waals surface area contributed by atoms with Gasteiger partial charge >= 0.3 is 0 Å². The first-order valence-corrected chi connectivity index (χ1v) is 10.8. The summed E-state index contributed by atoms with van der Waals surface area (Å²) in [6.07, 6.45) is -0.176. The molecule has 4 aromatic rings. The number of benzene rings is 3. The molecule has 1 unspecified atom stereocenters. The van der Waals surface area contributed by atoms with Crippen molar-refractivity contribution >= 4 is 44.7 Å². The highest BCUT2D eigenvalue weighted by atomic mass is 32.1. The molecule has 1 aromatic heterocycles. The molecule has 154 valence electrons. The van der Waals surface area contributed by atoms with Crippen LogP contribution in [0.3, 0.4) is 0 Å². The molecule has 3 aromatic carbocycles. The van der Waals surface area contributed by atoms with Crippen LogP contribution < -0.4 is 15.4 Å². The predicted molar refractivity (Wildman–Crippen MR) is 122 cm³/mol. The van der Waals surface area contributed by atoms with Gasteiger partial charge in [-0.05, 0) is 42.0 Å². The van der Waals surface area contributed by atoms with Crippen molar-refractivity contribution in [3.05, 3.63) is 83.4 Å². The highest BCUT2D eigenvalue weighted by Crippen LogP contribution is 2.30. The Kier molecular flexibility index (Phi) is 5.09. The summed E-state index contributed by atoms with van der Waals surface area (Å²) in [6, 6.07) is 22.9. The van der Waals surface area contributed by atoms with Crippen molar-refractivity contribution in [2.24, 2.45) is 0 Å². The summed E-state index contributed by atoms with van der Waals surface area (Å²) >= 11 is 1.69. The lowest BCUT2D eigenvalue weighted by molar-refractivity contribution is -0.128. The predicted octanol–water partition coefficient (Wildman–Crippen LogP) is 4.62. The number of anilines is 2. The van der Waals surface area contributed by atoms with E-state index in [1.165, 1.54) is 4.70 Å². The van der Waals surface area contributed by atoms with Gasteiger partial charge in [0.05, 0.1) is 27.3 Å². The minimum absolute atomic E-state index is 0.0619. The molecule has 6 nitrogen and oxygen atoms in total. The van der Waals surface area contributed by atoms with Crippen LogP contribution in [0.1, 0.15) is 17.0 Å². The summed E-state index contributed by atoms with van der Waals surface area (Å²) in [5.74, 6) is -0.0300. The van der Waals surface area contributed by atoms with Crippen LogP contribution in [0.15, 0.2) is 72.8 Å². The van der Waals surface area contributed by atoms with Gasteiger partial charge in [0.15, 0.2) is 6.10 Å². The summed E-state index contributed by atoms with van der Waals surface area (Å²) in [7, 11) is 0. The number of amides is 2. The molecule has 2 N–H and O–H groups in total. The third-order valence-electron chi connectivity index (χ3n) is 5.01. The first-order valence-electron chi connectivity index (χ1n) is 9.94. The van der Waals surface area contributed by atoms with Crippen LogP contribution in [-0.2, 0) is 16.0 Å². The number of carbonyl (C=O) groups is 2. The number of para-hydroxylation sites is 3. The first kappa shape index (κ1) is 19.3. The molecule has 1 atom stereocenters. The number of carbonyl (C=O) groups excluding carboxylic acids is 2. The van der Waals surface area contributed by atoms with Gasteiger partial charge in [-0.1, -0.05) is 36.4 Å². The highest BCUT2D eigenvalue weighted by molar-refractivity contribution is 7.18. The molecule has 0 spiro atoms. The van der Waals surface area contributed by atoms with Crippen LogP contribution in [0, 0.1) is 0 Å². The van der Waals surface area contributed by atoms with Crippen LogP contribution in [0.4, 0.5) is 11.4 Å². The smallest absolute Gasteiger partial charge is 0.266 e. The minimum atomic E-state index is -0.854. The van der Waals surface area contributed by atoms with Gasteiger partial charge in [-0.25, -0.2) is 4.98 Å². The second-order valence-electron chi connectivity index (χ2n) is 7.29. The largest absolute Gasteiger partial charge is 0.478 e. The summed E-state index contributed by atoms with van der Waals surface area (Å²) in [6.45, 7) is 0. The molecule has 0 fully saturated rings. The Labute approximate surface area is 182 Å². The number of rotatable bonds is 5. The van der Waals surface area contributed by atoms with Gasteiger partial charge in [0.25, 0.3) is 5.91 Å². The average Bonchev–Trinajstić information content (AvgIpc) is 3.18. The number of nitrogens with one attached hydrogen (secondary N) is 2. The van der Waals surface area contributed by atoms with Crippen molar-refractivity contribution in [3.63, 3.8) is 0 Å². The highest BCUT2D eigenvalue weighted by Gasteiger charge is 2.29. The van der Waals surface area contributed by atoms with E-state index in [1.807, 2.05) is 54.6 Å². The molecule has 0 bridgehead atoms. The third-order valence-corrected chi connectivity index (χ3v) is 6.04. The van der Waals surface area contributed by atoms with E-state index in [1.54, 1.807) is 23.5 Å². The second kappa shape index (κ2) is 8.20. The molecule has 1 aliphatic heterocycles. The Morgan fingerprint density at radius 3 is 2.65 bits per heavy atom. The van der Waals surface area contributed by atoms with Gasteiger partial charge in [-0.2, -0.15) is 0 Å². The number of ether oxygens (including phenoxy) is 1. The van der Waals surface area contributed by atoms with E-state index in [2.05, 4.69) is 21.7 Å². The van der Waals surface area contributed by atoms with Crippen molar-refractivity contribution in [1.82, 2.24) is 4.98 Å². The summed E-state index contributed by atoms with van der Waals surface area (Å²) in [5, 5.41) is 6.66. The molecule has 5 rings (SSSR count). The molecule has 31 heavy (non-hydrogen) atoms. The third kappa shape index (κ3) is 4.27. The zero-order chi connectivity index (χ0) is 21.2. The van der Waals surface area contributed by atoms with Crippen LogP contribution in [0.2, 0.25) is 0 Å². The van der Waals surface area contributed by atoms with Gasteiger partial charge < -0.3 is 15.4 Å². The van der Waals surface area contributed by atoms with E-state index in [-0.39, 0.29) is 18.2 Å². The summed E-state index contributed by atoms with van der Waals surface area (Å²) in [5.41, 5.74) is 3.43. The Hall–Kier alpha value is -3.71. The van der Waals surface area contributed by atoms with E-state index in [0.717, 1.165) is 22.5 Å². The molecule has 0 aliphatic carbocycles. The van der Waals surface area contributed by atoms with Gasteiger partial charge in [0.2, 0.25) is 5.91 Å². The normalized spacial score (nSPS) is 15.1. The fraction of sp³-hybridized carbons (Fsp3) is 0.125. The molecule has 0 saturated carbocycles. The van der Waals surface area contributed by atoms with E-state index < -0.39 is 6.10 Å². The number of aromatic nitrogens is 1. The maximum atomic E-state index is 12.4. The van der Waals surface area contributed by atoms with E-state index in [0.29, 0.717) is 17.1 Å². The van der Waals surface area contributed by atoms with Crippen molar-refractivity contribution in [2.45, 2.75) is 18.9 Å². The molecule has 1 aliphatic rings. The van der Waals surface area contributed by atoms with E-state index >= 15 is 0 Å². The van der Waals surface area contributed by atoms with E-state index in [4.69, 9.17) is 4.74 Å². The van der Waals surface area contributed by atoms with Gasteiger partial charge in [-0.15, -0.1) is 11.3 Å². The number of fused-ring (bicyclic) bond motifs is 2. The number of hydrogen-bond acceptors (Lipinski definition) is 5. The lowest BCUT2D eigenvalue weighted by Crippen LogP contribution is -2.39. The van der Waals surface area contributed by atoms with Crippen molar-refractivity contribution in [3.8, 4) is 5.75 Å². The number of thiazole rings is 1. The first-order chi connectivity index (χ1) is 15.1. The topological polar surface area (TPSA) is 80.3 Å². The molecule has 7 heteroatoms. The minimum Gasteiger partial charge on any atom is -0.478 e. The Morgan fingerprint density at radius 1 is 1.03 bits per heavy atom. The molecular formula is C24H19N3O3S. The van der Waals surface area contributed by atoms with Crippen LogP contribution in [0.25, 0.3) is 10.2 Å². The number of hydrogen-bond donors (Lipinski definition) is 2. The molecular weight excluding hydrogens is 410 g/mol. The van der Waals surface area contributed by atoms with Crippen LogP contribution in [0.5, 0.6) is 5.75 Å². The van der Waals surface area contributed by atoms with E-state index in [9.17, 15) is 9.59 Å². The summed E-state index contributed by atoms with van der Waals surface area (Å²) in [4.78, 5) is 29.3. The van der Waals surface area contributed by atoms with Gasteiger partial charge in [0.1, 0.15) is 5.75 Å². The van der Waals surface area contributed by atoms with Crippen LogP contribution in [-0.4, -0.2) is 22.9 Å². The average molecular weight is 430 g/mol. The SMILES string of the molecule is O=C(CC1Oc2ccccc2NC1=O)Nc1ccc(Cc2nc3ccccc3s2)cc1. The number of nitrogens with zero attached hydrogens (tertiary/aromatic N) is 1. The summed E-state index contributed by atoms with van der Waals surface area (Å²) < 4.78 is 6.86. The molecule has 2 amide bonds. The maximum absolute atomic E-state index is 12.4. The van der Waals surface area contributed by atoms with Crippen molar-refractivity contribution in [2.75, 3.05) is 10.6 Å². The van der Waals surface area contributed by atoms with Crippen LogP contribution >= 0.6 is 11.3 Å². The monoisotopic (exact) mass is 429 g/mol. The second-order valence-corrected chi connectivity index (χ2v) is 8.41. The quantitative estimate of drug-likeness (QED) is 0.485. The Bertz CT molecular complexity index is 1230. The fourth-order valence-corrected chi connectivity index (χ4v) is 4.49. The molecule has 0 saturated heterocycles. The van der Waals surface area contributed by atoms with Gasteiger partial charge in [0, 0.05) is 12.1 Å². The maximum Gasteiger partial charge on any atom is 0.266 e. The Balaban J connectivity index is 1.19. The standard InChI is InChI=1S/C24H19N3O3S/c28-22(14-20-24(29)27-17-5-1-3-7-19(17)30-20)25-16-11-9-15(10-12-16)13-23-26-18-6-2-4-8-21(18)31-23/h1-12,20H,13-14H2,(H,25,28)(H,27,29). The lowest BCUT2D eigenvalue weighted by atomic mass is 10.1. The Morgan fingerprint density at radius 2 is 1.81 bits per heavy atom. The van der Waals surface area contributed by atoms with Crippen molar-refractivity contribution < 1.29 is 14.3 Å². The molecule has 2 heterocycles.